The quantitative estimate of drug-likeness (QED) is 0.663. The average Bonchev–Trinajstić information content (AvgIpc) is 3.26. The smallest absolute Gasteiger partial charge is 0.304 e. The zero-order valence-corrected chi connectivity index (χ0v) is 15.1. The molecule has 2 heterocycles. The van der Waals surface area contributed by atoms with E-state index in [1.165, 1.54) is 11.3 Å². The summed E-state index contributed by atoms with van der Waals surface area (Å²) in [7, 11) is 0. The zero-order chi connectivity index (χ0) is 18.5. The summed E-state index contributed by atoms with van der Waals surface area (Å²) in [4.78, 5) is 28.5. The number of anilines is 1. The highest BCUT2D eigenvalue weighted by Crippen LogP contribution is 2.28. The number of imidazole rings is 1. The summed E-state index contributed by atoms with van der Waals surface area (Å²) in [5.41, 5.74) is 1.64. The molecule has 2 N–H and O–H groups in total. The fourth-order valence-electron chi connectivity index (χ4n) is 2.80. The summed E-state index contributed by atoms with van der Waals surface area (Å²) in [5, 5.41) is 13.8. The maximum absolute atomic E-state index is 12.4. The molecule has 0 aliphatic heterocycles. The lowest BCUT2D eigenvalue weighted by Gasteiger charge is -2.13. The van der Waals surface area contributed by atoms with Gasteiger partial charge in [0.05, 0.1) is 6.42 Å². The molecule has 0 aliphatic carbocycles. The first kappa shape index (κ1) is 17.9. The van der Waals surface area contributed by atoms with Crippen molar-refractivity contribution in [2.24, 2.45) is 0 Å². The van der Waals surface area contributed by atoms with Gasteiger partial charge in [-0.2, -0.15) is 0 Å². The molecule has 0 spiro atoms. The van der Waals surface area contributed by atoms with Crippen LogP contribution in [-0.4, -0.2) is 26.5 Å². The van der Waals surface area contributed by atoms with E-state index in [1.807, 2.05) is 59.5 Å². The molecule has 0 aliphatic rings. The van der Waals surface area contributed by atoms with Crippen LogP contribution >= 0.6 is 11.3 Å². The minimum Gasteiger partial charge on any atom is -0.481 e. The fraction of sp³-hybridized carbons (Fsp3) is 0.211. The first-order chi connectivity index (χ1) is 12.5. The molecule has 26 heavy (non-hydrogen) atoms. The lowest BCUT2D eigenvalue weighted by molar-refractivity contribution is -0.137. The molecule has 0 saturated heterocycles. The second-order valence-corrected chi connectivity index (χ2v) is 6.93. The van der Waals surface area contributed by atoms with Gasteiger partial charge < -0.3 is 15.0 Å². The van der Waals surface area contributed by atoms with E-state index >= 15 is 0 Å². The van der Waals surface area contributed by atoms with E-state index in [-0.39, 0.29) is 24.7 Å². The third-order valence-corrected chi connectivity index (χ3v) is 5.09. The lowest BCUT2D eigenvalue weighted by Crippen LogP contribution is -2.17. The number of amides is 1. The van der Waals surface area contributed by atoms with Gasteiger partial charge in [0.2, 0.25) is 5.91 Å². The summed E-state index contributed by atoms with van der Waals surface area (Å²) in [6, 6.07) is 11.2. The minimum atomic E-state index is -0.906. The second-order valence-electron chi connectivity index (χ2n) is 5.95. The zero-order valence-electron chi connectivity index (χ0n) is 14.3. The number of nitrogens with zero attached hydrogens (tertiary/aromatic N) is 2. The van der Waals surface area contributed by atoms with Crippen molar-refractivity contribution in [3.05, 3.63) is 64.9 Å². The number of thiophene rings is 1. The molecule has 6 nitrogen and oxygen atoms in total. The average molecular weight is 369 g/mol. The van der Waals surface area contributed by atoms with E-state index < -0.39 is 5.97 Å². The number of hydrogen-bond acceptors (Lipinski definition) is 4. The first-order valence-electron chi connectivity index (χ1n) is 8.18. The Balaban J connectivity index is 1.65. The van der Waals surface area contributed by atoms with Crippen molar-refractivity contribution in [2.45, 2.75) is 25.7 Å². The van der Waals surface area contributed by atoms with E-state index in [2.05, 4.69) is 10.3 Å². The molecule has 3 aromatic rings. The molecule has 1 unspecified atom stereocenters. The Morgan fingerprint density at radius 3 is 2.58 bits per heavy atom. The van der Waals surface area contributed by atoms with Gasteiger partial charge in [0.15, 0.2) is 0 Å². The molecule has 0 bridgehead atoms. The Bertz CT molecular complexity index is 885. The molecule has 2 aromatic heterocycles. The molecule has 0 fully saturated rings. The number of carboxylic acids is 1. The number of carbonyl (C=O) groups excluding carboxylic acids is 1. The Kier molecular flexibility index (Phi) is 5.48. The second kappa shape index (κ2) is 7.97. The van der Waals surface area contributed by atoms with E-state index in [1.54, 1.807) is 6.20 Å². The van der Waals surface area contributed by atoms with Crippen LogP contribution in [0.25, 0.3) is 5.69 Å². The van der Waals surface area contributed by atoms with Gasteiger partial charge in [-0.15, -0.1) is 11.3 Å². The molecule has 0 saturated carbocycles. The summed E-state index contributed by atoms with van der Waals surface area (Å²) in [6.07, 6.45) is 3.68. The van der Waals surface area contributed by atoms with Crippen LogP contribution in [0.15, 0.2) is 54.2 Å². The topological polar surface area (TPSA) is 84.2 Å². The van der Waals surface area contributed by atoms with Crippen LogP contribution in [0.2, 0.25) is 0 Å². The predicted molar refractivity (Wildman–Crippen MR) is 101 cm³/mol. The Hall–Kier alpha value is -2.93. The third-order valence-electron chi connectivity index (χ3n) is 4.05. The maximum atomic E-state index is 12.4. The third kappa shape index (κ3) is 4.37. The standard InChI is InChI=1S/C19H19N3O3S/c1-13-20-8-9-22(13)16-6-4-15(5-7-16)21-18(23)11-14(12-19(24)25)17-3-2-10-26-17/h2-10,14H,11-12H2,1H3,(H,21,23)(H,24,25). The van der Waals surface area contributed by atoms with Crippen LogP contribution in [0.5, 0.6) is 0 Å². The summed E-state index contributed by atoms with van der Waals surface area (Å²) in [6.45, 7) is 1.92. The van der Waals surface area contributed by atoms with Crippen LogP contribution in [0.1, 0.15) is 29.5 Å². The maximum Gasteiger partial charge on any atom is 0.304 e. The fourth-order valence-corrected chi connectivity index (χ4v) is 3.63. The van der Waals surface area contributed by atoms with E-state index in [0.29, 0.717) is 5.69 Å². The van der Waals surface area contributed by atoms with Crippen molar-refractivity contribution < 1.29 is 14.7 Å². The van der Waals surface area contributed by atoms with Crippen LogP contribution in [0.4, 0.5) is 5.69 Å². The van der Waals surface area contributed by atoms with Gasteiger partial charge in [0.25, 0.3) is 0 Å². The highest BCUT2D eigenvalue weighted by Gasteiger charge is 2.20. The number of nitrogens with one attached hydrogen (secondary N) is 1. The van der Waals surface area contributed by atoms with E-state index in [9.17, 15) is 9.59 Å². The summed E-state index contributed by atoms with van der Waals surface area (Å²) in [5.74, 6) is -0.540. The molecular weight excluding hydrogens is 350 g/mol. The number of carboxylic acid groups (broad SMARTS) is 1. The largest absolute Gasteiger partial charge is 0.481 e. The molecule has 0 radical (unpaired) electrons. The van der Waals surface area contributed by atoms with Gasteiger partial charge in [-0.05, 0) is 42.6 Å². The van der Waals surface area contributed by atoms with Crippen molar-refractivity contribution in [1.29, 1.82) is 0 Å². The van der Waals surface area contributed by atoms with Gasteiger partial charge in [0.1, 0.15) is 5.82 Å². The van der Waals surface area contributed by atoms with Crippen molar-refractivity contribution in [3.8, 4) is 5.69 Å². The van der Waals surface area contributed by atoms with Crippen LogP contribution < -0.4 is 5.32 Å². The number of hydrogen-bond donors (Lipinski definition) is 2. The molecule has 7 heteroatoms. The van der Waals surface area contributed by atoms with E-state index in [0.717, 1.165) is 16.4 Å². The van der Waals surface area contributed by atoms with Crippen LogP contribution in [-0.2, 0) is 9.59 Å². The number of carbonyl (C=O) groups is 2. The Morgan fingerprint density at radius 2 is 2.00 bits per heavy atom. The lowest BCUT2D eigenvalue weighted by atomic mass is 9.99. The SMILES string of the molecule is Cc1nccn1-c1ccc(NC(=O)CC(CC(=O)O)c2cccs2)cc1. The first-order valence-corrected chi connectivity index (χ1v) is 9.06. The van der Waals surface area contributed by atoms with Crippen LogP contribution in [0.3, 0.4) is 0 Å². The van der Waals surface area contributed by atoms with Gasteiger partial charge >= 0.3 is 5.97 Å². The van der Waals surface area contributed by atoms with Gasteiger partial charge in [-0.25, -0.2) is 4.98 Å². The van der Waals surface area contributed by atoms with Crippen molar-refractivity contribution in [2.75, 3.05) is 5.32 Å². The molecular formula is C19H19N3O3S. The van der Waals surface area contributed by atoms with Gasteiger partial charge in [-0.1, -0.05) is 6.07 Å². The molecule has 1 amide bonds. The number of aliphatic carboxylic acids is 1. The highest BCUT2D eigenvalue weighted by molar-refractivity contribution is 7.10. The minimum absolute atomic E-state index is 0.0627. The van der Waals surface area contributed by atoms with Crippen LogP contribution in [0, 0.1) is 6.92 Å². The Morgan fingerprint density at radius 1 is 1.23 bits per heavy atom. The number of aromatic nitrogens is 2. The molecule has 3 rings (SSSR count). The van der Waals surface area contributed by atoms with Crippen molar-refractivity contribution >= 4 is 28.9 Å². The molecule has 1 atom stereocenters. The monoisotopic (exact) mass is 369 g/mol. The Labute approximate surface area is 155 Å². The number of benzene rings is 1. The van der Waals surface area contributed by atoms with E-state index in [4.69, 9.17) is 5.11 Å². The summed E-state index contributed by atoms with van der Waals surface area (Å²) >= 11 is 1.47. The van der Waals surface area contributed by atoms with Gasteiger partial charge in [0, 0.05) is 41.0 Å². The molecule has 134 valence electrons. The predicted octanol–water partition coefficient (Wildman–Crippen LogP) is 3.83. The normalized spacial score (nSPS) is 11.9. The summed E-state index contributed by atoms with van der Waals surface area (Å²) < 4.78 is 1.95. The molecule has 1 aromatic carbocycles. The van der Waals surface area contributed by atoms with Crippen molar-refractivity contribution in [1.82, 2.24) is 9.55 Å². The highest BCUT2D eigenvalue weighted by atomic mass is 32.1. The number of aryl methyl sites for hydroxylation is 1. The van der Waals surface area contributed by atoms with Gasteiger partial charge in [-0.3, -0.25) is 9.59 Å². The number of rotatable bonds is 7. The van der Waals surface area contributed by atoms with Crippen molar-refractivity contribution in [3.63, 3.8) is 0 Å².